The number of amides is 2. The van der Waals surface area contributed by atoms with Crippen molar-refractivity contribution in [1.29, 1.82) is 0 Å². The molecular formula is C23H23ClF3N5O3. The van der Waals surface area contributed by atoms with Crippen LogP contribution in [0, 0.1) is 5.92 Å². The normalized spacial score (nSPS) is 11.3. The van der Waals surface area contributed by atoms with Gasteiger partial charge >= 0.3 is 12.2 Å². The Morgan fingerprint density at radius 3 is 2.40 bits per heavy atom. The van der Waals surface area contributed by atoms with Gasteiger partial charge in [-0.25, -0.2) is 9.78 Å². The molecule has 0 saturated heterocycles. The number of nitrogens with one attached hydrogen (secondary N) is 2. The maximum atomic E-state index is 13.0. The molecule has 0 saturated carbocycles. The summed E-state index contributed by atoms with van der Waals surface area (Å²) in [6.07, 6.45) is -3.13. The number of carbonyl (C=O) groups excluding carboxylic acids is 1. The molecule has 3 aromatic rings. The van der Waals surface area contributed by atoms with Crippen LogP contribution in [0.5, 0.6) is 11.6 Å². The fourth-order valence-electron chi connectivity index (χ4n) is 3.03. The third-order valence-corrected chi connectivity index (χ3v) is 4.85. The van der Waals surface area contributed by atoms with E-state index in [0.717, 1.165) is 12.1 Å². The Morgan fingerprint density at radius 1 is 1.11 bits per heavy atom. The number of urea groups is 1. The van der Waals surface area contributed by atoms with Gasteiger partial charge in [-0.05, 0) is 48.4 Å². The molecule has 0 radical (unpaired) electrons. The van der Waals surface area contributed by atoms with Crippen LogP contribution in [0.3, 0.4) is 0 Å². The maximum absolute atomic E-state index is 13.0. The lowest BCUT2D eigenvalue weighted by Crippen LogP contribution is -2.30. The summed E-state index contributed by atoms with van der Waals surface area (Å²) in [5.41, 5.74) is -0.725. The number of halogens is 4. The lowest BCUT2D eigenvalue weighted by Gasteiger charge is -2.21. The molecule has 8 nitrogen and oxygen atoms in total. The second-order valence-electron chi connectivity index (χ2n) is 7.85. The third-order valence-electron chi connectivity index (χ3n) is 4.52. The number of ether oxygens (including phenoxy) is 1. The van der Waals surface area contributed by atoms with Crippen LogP contribution < -0.4 is 20.3 Å². The van der Waals surface area contributed by atoms with Crippen molar-refractivity contribution < 1.29 is 27.8 Å². The van der Waals surface area contributed by atoms with E-state index in [2.05, 4.69) is 20.6 Å². The molecule has 3 rings (SSSR count). The van der Waals surface area contributed by atoms with Crippen LogP contribution >= 0.6 is 11.6 Å². The molecule has 186 valence electrons. The number of hydrogen-bond donors (Lipinski definition) is 3. The molecule has 2 aromatic carbocycles. The van der Waals surface area contributed by atoms with Gasteiger partial charge in [0.2, 0.25) is 11.8 Å². The van der Waals surface area contributed by atoms with E-state index in [0.29, 0.717) is 29.8 Å². The number of anilines is 3. The molecule has 0 spiro atoms. The molecule has 35 heavy (non-hydrogen) atoms. The highest BCUT2D eigenvalue weighted by atomic mass is 35.5. The maximum Gasteiger partial charge on any atom is 0.417 e. The second kappa shape index (κ2) is 11.2. The number of carbonyl (C=O) groups is 1. The predicted molar refractivity (Wildman–Crippen MR) is 127 cm³/mol. The van der Waals surface area contributed by atoms with E-state index >= 15 is 0 Å². The van der Waals surface area contributed by atoms with Crippen molar-refractivity contribution in [3.63, 3.8) is 0 Å². The minimum atomic E-state index is -4.64. The van der Waals surface area contributed by atoms with Gasteiger partial charge in [0.1, 0.15) is 12.5 Å². The first kappa shape index (κ1) is 26.0. The van der Waals surface area contributed by atoms with Gasteiger partial charge in [-0.3, -0.25) is 0 Å². The second-order valence-corrected chi connectivity index (χ2v) is 8.26. The standard InChI is InChI=1S/C23H23ClF3N5O3/c1-14(2)12-32(13-33)21-28-10-9-20(31-21)35-17-6-3-15(4-7-17)29-22(34)30-16-5-8-19(24)18(11-16)23(25,26)27/h3-11,14,33H,12-13H2,1-2H3,(H2,29,30,34). The number of hydrogen-bond acceptors (Lipinski definition) is 6. The van der Waals surface area contributed by atoms with E-state index in [1.807, 2.05) is 13.8 Å². The quantitative estimate of drug-likeness (QED) is 0.322. The zero-order chi connectivity index (χ0) is 25.6. The minimum absolute atomic E-state index is 0.0619. The number of aliphatic hydroxyl groups excluding tert-OH is 1. The first-order chi connectivity index (χ1) is 16.5. The van der Waals surface area contributed by atoms with Gasteiger partial charge in [-0.15, -0.1) is 0 Å². The highest BCUT2D eigenvalue weighted by Gasteiger charge is 2.33. The zero-order valence-electron chi connectivity index (χ0n) is 18.8. The number of aliphatic hydroxyl groups is 1. The number of rotatable bonds is 8. The Morgan fingerprint density at radius 2 is 1.77 bits per heavy atom. The van der Waals surface area contributed by atoms with Crippen LogP contribution in [0.2, 0.25) is 5.02 Å². The molecule has 0 atom stereocenters. The Balaban J connectivity index is 1.62. The molecule has 0 aliphatic carbocycles. The van der Waals surface area contributed by atoms with Crippen molar-refractivity contribution in [1.82, 2.24) is 9.97 Å². The van der Waals surface area contributed by atoms with Gasteiger partial charge < -0.3 is 25.4 Å². The van der Waals surface area contributed by atoms with E-state index in [4.69, 9.17) is 16.3 Å². The number of alkyl halides is 3. The summed E-state index contributed by atoms with van der Waals surface area (Å²) in [5, 5.41) is 14.0. The predicted octanol–water partition coefficient (Wildman–Crippen LogP) is 6.00. The highest BCUT2D eigenvalue weighted by Crippen LogP contribution is 2.36. The smallest absolute Gasteiger partial charge is 0.417 e. The van der Waals surface area contributed by atoms with E-state index in [-0.39, 0.29) is 18.3 Å². The molecule has 0 bridgehead atoms. The molecular weight excluding hydrogens is 487 g/mol. The van der Waals surface area contributed by atoms with Crippen LogP contribution in [-0.2, 0) is 6.18 Å². The van der Waals surface area contributed by atoms with Gasteiger partial charge in [0.15, 0.2) is 0 Å². The van der Waals surface area contributed by atoms with Gasteiger partial charge in [-0.2, -0.15) is 18.2 Å². The SMILES string of the molecule is CC(C)CN(CO)c1nccc(Oc2ccc(NC(=O)Nc3ccc(Cl)c(C(F)(F)F)c3)cc2)n1. The van der Waals surface area contributed by atoms with Crippen LogP contribution in [0.25, 0.3) is 0 Å². The van der Waals surface area contributed by atoms with Crippen molar-refractivity contribution in [3.05, 3.63) is 65.3 Å². The first-order valence-electron chi connectivity index (χ1n) is 10.5. The lowest BCUT2D eigenvalue weighted by molar-refractivity contribution is -0.137. The van der Waals surface area contributed by atoms with Gasteiger partial charge in [0, 0.05) is 30.2 Å². The molecule has 1 aromatic heterocycles. The van der Waals surface area contributed by atoms with E-state index in [9.17, 15) is 23.1 Å². The average Bonchev–Trinajstić information content (AvgIpc) is 2.79. The van der Waals surface area contributed by atoms with Crippen molar-refractivity contribution in [2.75, 3.05) is 28.8 Å². The molecule has 1 heterocycles. The summed E-state index contributed by atoms with van der Waals surface area (Å²) in [5.74, 6) is 1.30. The van der Waals surface area contributed by atoms with Crippen molar-refractivity contribution >= 4 is 35.0 Å². The first-order valence-corrected chi connectivity index (χ1v) is 10.8. The third kappa shape index (κ3) is 7.46. The van der Waals surface area contributed by atoms with Crippen molar-refractivity contribution in [3.8, 4) is 11.6 Å². The topological polar surface area (TPSA) is 99.6 Å². The monoisotopic (exact) mass is 509 g/mol. The van der Waals surface area contributed by atoms with Crippen LogP contribution in [-0.4, -0.2) is 34.4 Å². The average molecular weight is 510 g/mol. The van der Waals surface area contributed by atoms with Gasteiger partial charge in [0.25, 0.3) is 0 Å². The highest BCUT2D eigenvalue weighted by molar-refractivity contribution is 6.31. The number of benzene rings is 2. The number of nitrogens with zero attached hydrogens (tertiary/aromatic N) is 3. The molecule has 0 fully saturated rings. The van der Waals surface area contributed by atoms with Crippen LogP contribution in [0.1, 0.15) is 19.4 Å². The Bertz CT molecular complexity index is 1160. The zero-order valence-corrected chi connectivity index (χ0v) is 19.6. The van der Waals surface area contributed by atoms with E-state index in [1.165, 1.54) is 12.3 Å². The summed E-state index contributed by atoms with van der Waals surface area (Å²) in [4.78, 5) is 22.3. The summed E-state index contributed by atoms with van der Waals surface area (Å²) < 4.78 is 44.7. The Labute approximate surface area is 204 Å². The Kier molecular flexibility index (Phi) is 8.36. The molecule has 3 N–H and O–H groups in total. The fraction of sp³-hybridized carbons (Fsp3) is 0.261. The van der Waals surface area contributed by atoms with Crippen LogP contribution in [0.4, 0.5) is 35.3 Å². The van der Waals surface area contributed by atoms with Crippen LogP contribution in [0.15, 0.2) is 54.7 Å². The number of aromatic nitrogens is 2. The molecule has 0 aliphatic heterocycles. The summed E-state index contributed by atoms with van der Waals surface area (Å²) >= 11 is 5.59. The Hall–Kier alpha value is -3.57. The van der Waals surface area contributed by atoms with Gasteiger partial charge in [0.05, 0.1) is 10.6 Å². The molecule has 0 aliphatic rings. The molecule has 12 heteroatoms. The lowest BCUT2D eigenvalue weighted by atomic mass is 10.2. The minimum Gasteiger partial charge on any atom is -0.439 e. The van der Waals surface area contributed by atoms with Crippen molar-refractivity contribution in [2.24, 2.45) is 5.92 Å². The van der Waals surface area contributed by atoms with E-state index < -0.39 is 22.8 Å². The van der Waals surface area contributed by atoms with E-state index in [1.54, 1.807) is 35.2 Å². The molecule has 2 amide bonds. The fourth-order valence-corrected chi connectivity index (χ4v) is 3.25. The summed E-state index contributed by atoms with van der Waals surface area (Å²) in [6.45, 7) is 4.34. The summed E-state index contributed by atoms with van der Waals surface area (Å²) in [7, 11) is 0. The van der Waals surface area contributed by atoms with Gasteiger partial charge in [-0.1, -0.05) is 25.4 Å². The summed E-state index contributed by atoms with van der Waals surface area (Å²) in [6, 6.07) is 10.2. The largest absolute Gasteiger partial charge is 0.439 e. The molecule has 0 unspecified atom stereocenters. The van der Waals surface area contributed by atoms with Crippen molar-refractivity contribution in [2.45, 2.75) is 20.0 Å².